The van der Waals surface area contributed by atoms with Crippen LogP contribution in [0.1, 0.15) is 26.7 Å². The largest absolute Gasteiger partial charge is 0.477 e. The van der Waals surface area contributed by atoms with Crippen LogP contribution in [-0.4, -0.2) is 284 Å². The van der Waals surface area contributed by atoms with E-state index >= 15 is 0 Å². The number of carbonyl (C=O) groups excluding carboxylic acids is 3. The molecule has 0 aromatic carbocycles. The zero-order valence-electron chi connectivity index (χ0n) is 35.7. The van der Waals surface area contributed by atoms with Crippen LogP contribution in [0.25, 0.3) is 0 Å². The molecule has 21 atom stereocenters. The van der Waals surface area contributed by atoms with Crippen molar-refractivity contribution in [2.45, 2.75) is 154 Å². The molecule has 31 heteroatoms. The van der Waals surface area contributed by atoms with E-state index in [2.05, 4.69) is 10.6 Å². The Hall–Kier alpha value is -3.49. The highest BCUT2D eigenvalue weighted by Crippen LogP contribution is 2.39. The van der Waals surface area contributed by atoms with Gasteiger partial charge in [-0.2, -0.15) is 0 Å². The third-order valence-electron chi connectivity index (χ3n) is 11.1. The molecule has 0 aromatic rings. The highest BCUT2D eigenvalue weighted by Gasteiger charge is 2.60. The van der Waals surface area contributed by atoms with Gasteiger partial charge in [-0.25, -0.2) is 9.59 Å². The molecule has 3 rings (SSSR count). The minimum atomic E-state index is -3.28. The zero-order valence-corrected chi connectivity index (χ0v) is 35.7. The molecule has 0 aliphatic carbocycles. The van der Waals surface area contributed by atoms with Gasteiger partial charge in [0.2, 0.25) is 17.7 Å². The monoisotopic (exact) mass is 983 g/mol. The van der Waals surface area contributed by atoms with E-state index in [1.165, 1.54) is 0 Å². The average Bonchev–Trinajstić information content (AvgIpc) is 3.28. The smallest absolute Gasteiger partial charge is 0.364 e. The molecule has 0 spiro atoms. The van der Waals surface area contributed by atoms with E-state index in [0.717, 1.165) is 13.8 Å². The second kappa shape index (κ2) is 24.9. The van der Waals surface area contributed by atoms with Crippen molar-refractivity contribution in [2.24, 2.45) is 0 Å². The van der Waals surface area contributed by atoms with Crippen molar-refractivity contribution in [3.63, 3.8) is 0 Å². The van der Waals surface area contributed by atoms with Crippen LogP contribution in [-0.2, 0) is 52.4 Å². The van der Waals surface area contributed by atoms with E-state index in [-0.39, 0.29) is 0 Å². The van der Waals surface area contributed by atoms with Crippen LogP contribution < -0.4 is 16.0 Å². The second-order valence-electron chi connectivity index (χ2n) is 16.0. The molecule has 0 unspecified atom stereocenters. The van der Waals surface area contributed by atoms with Crippen LogP contribution >= 0.6 is 0 Å². The van der Waals surface area contributed by atoms with Gasteiger partial charge in [-0.1, -0.05) is 0 Å². The Morgan fingerprint density at radius 3 is 1.64 bits per heavy atom. The van der Waals surface area contributed by atoms with Crippen LogP contribution in [0, 0.1) is 0 Å². The van der Waals surface area contributed by atoms with Gasteiger partial charge >= 0.3 is 11.9 Å². The molecule has 0 aromatic heterocycles. The summed E-state index contributed by atoms with van der Waals surface area (Å²) in [7, 11) is 0. The Bertz CT molecular complexity index is 1650. The minimum absolute atomic E-state index is 0.815. The highest BCUT2D eigenvalue weighted by molar-refractivity contribution is 5.78. The third kappa shape index (κ3) is 13.6. The number of nitrogens with one attached hydrogen (secondary N) is 3. The lowest BCUT2D eigenvalue weighted by Crippen LogP contribution is -2.71. The summed E-state index contributed by atoms with van der Waals surface area (Å²) in [6.45, 7) is -5.29. The summed E-state index contributed by atoms with van der Waals surface area (Å²) in [6, 6.07) is -5.28. The Morgan fingerprint density at radius 1 is 0.687 bits per heavy atom. The zero-order chi connectivity index (χ0) is 50.9. The summed E-state index contributed by atoms with van der Waals surface area (Å²) in [4.78, 5) is 61.7. The van der Waals surface area contributed by atoms with Gasteiger partial charge in [-0.3, -0.25) is 14.4 Å². The lowest BCUT2D eigenvalue weighted by molar-refractivity contribution is -0.376. The first-order chi connectivity index (χ1) is 31.3. The number of amides is 3. The Morgan fingerprint density at radius 2 is 1.19 bits per heavy atom. The summed E-state index contributed by atoms with van der Waals surface area (Å²) in [6.07, 6.45) is -37.9. The molecule has 3 heterocycles. The normalized spacial score (nSPS) is 36.0. The summed E-state index contributed by atoms with van der Waals surface area (Å²) in [5.41, 5.74) is 0. The van der Waals surface area contributed by atoms with Crippen LogP contribution in [0.3, 0.4) is 0 Å². The quantitative estimate of drug-likeness (QED) is 0.0427. The van der Waals surface area contributed by atoms with E-state index in [4.69, 9.17) is 28.4 Å². The van der Waals surface area contributed by atoms with Crippen LogP contribution in [0.5, 0.6) is 0 Å². The summed E-state index contributed by atoms with van der Waals surface area (Å²) < 4.78 is 33.1. The first kappa shape index (κ1) is 57.8. The average molecular weight is 984 g/mol. The van der Waals surface area contributed by atoms with E-state index < -0.39 is 210 Å². The maximum absolute atomic E-state index is 12.9. The van der Waals surface area contributed by atoms with Crippen LogP contribution in [0.15, 0.2) is 0 Å². The SMILES string of the molecule is CC(=O)N[C@H]1[C@H]([C@H](O)[C@H](O)CO)O[C@@](OC[C@@H](O)[C@H](O)[C@H](O[C@@H]2O[C@H](CO)[C@H](O)[C@H](O[C@]3(C(=O)O)C[C@H](O)[C@@H](NC(=O)CO)[C@H]([C@H](O)[C@H](O)CO)O3)[C@H]2O)[C@H](CO)NC(C)=O)(C(=O)O)C[C@@H]1O. The fourth-order valence-corrected chi connectivity index (χ4v) is 7.65. The fraction of sp³-hybridized carbons (Fsp3) is 0.861. The lowest BCUT2D eigenvalue weighted by Gasteiger charge is -2.50. The second-order valence-corrected chi connectivity index (χ2v) is 16.0. The Balaban J connectivity index is 2.01. The molecular formula is C36H61N3O28. The summed E-state index contributed by atoms with van der Waals surface area (Å²) in [5.74, 6) is -13.5. The highest BCUT2D eigenvalue weighted by atomic mass is 16.8. The van der Waals surface area contributed by atoms with Crippen molar-refractivity contribution in [2.75, 3.05) is 39.6 Å². The fourth-order valence-electron chi connectivity index (χ4n) is 7.65. The summed E-state index contributed by atoms with van der Waals surface area (Å²) >= 11 is 0. The molecule has 20 N–H and O–H groups in total. The number of rotatable bonds is 24. The first-order valence-electron chi connectivity index (χ1n) is 20.4. The van der Waals surface area contributed by atoms with E-state index in [0.29, 0.717) is 0 Å². The standard InChI is InChI=1S/C36H61N3O28/c1-11(45)37-13(5-40)28(25(55)18(51)10-62-35(33(58)59)3-14(47)21(38-12(2)46)29(65-35)23(53)16(49)6-41)64-32-27(57)31(26(56)19(8-43)63-32)67-36(34(60)61)4-15(48)22(39-20(52)9-44)30(66-36)24(54)17(50)7-42/h13-19,21-32,40-44,47-51,53-57H,3-10H2,1-2H3,(H,37,45)(H,38,46)(H,39,52)(H,58,59)(H,60,61)/t13-,14-,15-,16+,17+,18+,19+,21+,22+,23+,24+,25-,26-,27+,28+,29+,30+,31-,32-,35+,36-/m0/s1. The van der Waals surface area contributed by atoms with Crippen LogP contribution in [0.4, 0.5) is 0 Å². The number of aliphatic hydroxyl groups is 15. The molecule has 0 saturated carbocycles. The minimum Gasteiger partial charge on any atom is -0.477 e. The molecule has 0 bridgehead atoms. The summed E-state index contributed by atoms with van der Waals surface area (Å²) in [5, 5.41) is 185. The molecule has 0 radical (unpaired) electrons. The molecule has 3 fully saturated rings. The Labute approximate surface area is 378 Å². The number of carboxylic acids is 2. The van der Waals surface area contributed by atoms with Gasteiger partial charge in [0.05, 0.1) is 63.4 Å². The lowest BCUT2D eigenvalue weighted by atomic mass is 9.88. The number of carbonyl (C=O) groups is 5. The maximum atomic E-state index is 12.9. The van der Waals surface area contributed by atoms with Gasteiger partial charge in [0.15, 0.2) is 6.29 Å². The van der Waals surface area contributed by atoms with Crippen molar-refractivity contribution in [1.82, 2.24) is 16.0 Å². The van der Waals surface area contributed by atoms with E-state index in [9.17, 15) is 111 Å². The first-order valence-corrected chi connectivity index (χ1v) is 20.4. The van der Waals surface area contributed by atoms with E-state index in [1.807, 2.05) is 5.32 Å². The number of carboxylic acid groups (broad SMARTS) is 2. The van der Waals surface area contributed by atoms with Crippen molar-refractivity contribution >= 4 is 29.7 Å². The van der Waals surface area contributed by atoms with Crippen molar-refractivity contribution in [1.29, 1.82) is 0 Å². The molecule has 31 nitrogen and oxygen atoms in total. The van der Waals surface area contributed by atoms with Crippen molar-refractivity contribution in [3.05, 3.63) is 0 Å². The maximum Gasteiger partial charge on any atom is 0.364 e. The van der Waals surface area contributed by atoms with Gasteiger partial charge in [0, 0.05) is 26.7 Å². The number of hydrogen-bond donors (Lipinski definition) is 20. The molecule has 67 heavy (non-hydrogen) atoms. The predicted molar refractivity (Wildman–Crippen MR) is 207 cm³/mol. The number of aliphatic hydroxyl groups excluding tert-OH is 15. The molecule has 3 aliphatic heterocycles. The van der Waals surface area contributed by atoms with Gasteiger partial charge in [0.1, 0.15) is 86.0 Å². The third-order valence-corrected chi connectivity index (χ3v) is 11.1. The van der Waals surface area contributed by atoms with Crippen molar-refractivity contribution < 1.29 is 139 Å². The van der Waals surface area contributed by atoms with Gasteiger partial charge in [0.25, 0.3) is 11.6 Å². The predicted octanol–water partition coefficient (Wildman–Crippen LogP) is -12.3. The molecule has 388 valence electrons. The topological polar surface area (TPSA) is 521 Å². The number of ether oxygens (including phenoxy) is 6. The van der Waals surface area contributed by atoms with Gasteiger partial charge in [-0.05, 0) is 0 Å². The van der Waals surface area contributed by atoms with Crippen LogP contribution in [0.2, 0.25) is 0 Å². The molecule has 3 amide bonds. The Kier molecular flexibility index (Phi) is 21.5. The molecule has 3 saturated heterocycles. The van der Waals surface area contributed by atoms with Gasteiger partial charge in [-0.15, -0.1) is 0 Å². The number of hydrogen-bond acceptors (Lipinski definition) is 26. The van der Waals surface area contributed by atoms with E-state index in [1.54, 1.807) is 0 Å². The number of aliphatic carboxylic acids is 2. The molecule has 3 aliphatic rings. The van der Waals surface area contributed by atoms with Crippen molar-refractivity contribution in [3.8, 4) is 0 Å². The molecular weight excluding hydrogens is 922 g/mol. The van der Waals surface area contributed by atoms with Gasteiger partial charge < -0.3 is 131 Å².